The molecular weight excluding hydrogens is 214 g/mol. The molecule has 0 atom stereocenters. The molecule has 0 radical (unpaired) electrons. The Balaban J connectivity index is 4.19. The fraction of sp³-hybridized carbons (Fsp3) is 1.00. The average Bonchev–Trinajstić information content (AvgIpc) is 2.01. The highest BCUT2D eigenvalue weighted by atomic mass is 32.2. The molecule has 0 amide bonds. The molecule has 0 bridgehead atoms. The third kappa shape index (κ3) is 4.83. The van der Waals surface area contributed by atoms with Crippen molar-refractivity contribution in [1.29, 1.82) is 0 Å². The van der Waals surface area contributed by atoms with Crippen molar-refractivity contribution < 1.29 is 17.2 Å². The number of sulfonamides is 1. The molecule has 86 valence electrons. The van der Waals surface area contributed by atoms with Gasteiger partial charge in [0.15, 0.2) is 0 Å². The van der Waals surface area contributed by atoms with Gasteiger partial charge in [0, 0.05) is 6.54 Å². The van der Waals surface area contributed by atoms with Gasteiger partial charge in [-0.3, -0.25) is 0 Å². The predicted molar refractivity (Wildman–Crippen MR) is 50.4 cm³/mol. The van der Waals surface area contributed by atoms with Crippen molar-refractivity contribution in [2.24, 2.45) is 11.1 Å². The zero-order chi connectivity index (χ0) is 11.4. The maximum absolute atomic E-state index is 11.9. The summed E-state index contributed by atoms with van der Waals surface area (Å²) in [4.78, 5) is 0. The van der Waals surface area contributed by atoms with Crippen molar-refractivity contribution in [3.8, 4) is 0 Å². The molecule has 0 heterocycles. The van der Waals surface area contributed by atoms with Gasteiger partial charge in [-0.1, -0.05) is 13.8 Å². The smallest absolute Gasteiger partial charge is 0.330 e. The molecule has 0 aliphatic carbocycles. The lowest BCUT2D eigenvalue weighted by Crippen LogP contribution is -2.37. The first-order valence-electron chi connectivity index (χ1n) is 4.18. The standard InChI is InChI=1S/C7H16F2N2O2S/c1-7(2,3-4-10)5-11-14(12,13)6(8)9/h6,11H,3-5,10H2,1-2H3. The molecular formula is C7H16F2N2O2S. The van der Waals surface area contributed by atoms with Crippen LogP contribution in [0.2, 0.25) is 0 Å². The van der Waals surface area contributed by atoms with Crippen LogP contribution >= 0.6 is 0 Å². The van der Waals surface area contributed by atoms with Crippen LogP contribution in [0.1, 0.15) is 20.3 Å². The predicted octanol–water partition coefficient (Wildman–Crippen LogP) is 0.503. The zero-order valence-corrected chi connectivity index (χ0v) is 9.07. The normalized spacial score (nSPS) is 13.6. The Morgan fingerprint density at radius 1 is 1.43 bits per heavy atom. The monoisotopic (exact) mass is 230 g/mol. The first-order chi connectivity index (χ1) is 6.21. The molecule has 0 spiro atoms. The molecule has 0 saturated carbocycles. The van der Waals surface area contributed by atoms with Crippen LogP contribution in [-0.2, 0) is 10.0 Å². The van der Waals surface area contributed by atoms with E-state index in [1.807, 2.05) is 4.72 Å². The Hall–Kier alpha value is -0.270. The SMILES string of the molecule is CC(C)(CCN)CNS(=O)(=O)C(F)F. The number of nitrogens with one attached hydrogen (secondary N) is 1. The summed E-state index contributed by atoms with van der Waals surface area (Å²) < 4.78 is 47.0. The molecule has 0 aromatic carbocycles. The lowest BCUT2D eigenvalue weighted by Gasteiger charge is -2.23. The molecule has 7 heteroatoms. The number of rotatable bonds is 6. The molecule has 0 aliphatic rings. The van der Waals surface area contributed by atoms with E-state index in [9.17, 15) is 17.2 Å². The molecule has 0 rings (SSSR count). The Kier molecular flexibility index (Phi) is 4.90. The van der Waals surface area contributed by atoms with Crippen LogP contribution in [0.4, 0.5) is 8.78 Å². The molecule has 4 nitrogen and oxygen atoms in total. The van der Waals surface area contributed by atoms with E-state index in [2.05, 4.69) is 0 Å². The summed E-state index contributed by atoms with van der Waals surface area (Å²) in [5.41, 5.74) is 4.88. The third-order valence-electron chi connectivity index (χ3n) is 1.81. The minimum Gasteiger partial charge on any atom is -0.330 e. The average molecular weight is 230 g/mol. The van der Waals surface area contributed by atoms with Crippen molar-refractivity contribution in [2.45, 2.75) is 26.0 Å². The second-order valence-corrected chi connectivity index (χ2v) is 5.56. The van der Waals surface area contributed by atoms with Gasteiger partial charge in [0.2, 0.25) is 0 Å². The summed E-state index contributed by atoms with van der Waals surface area (Å²) in [5.74, 6) is -3.38. The second-order valence-electron chi connectivity index (χ2n) is 3.83. The van der Waals surface area contributed by atoms with Gasteiger partial charge in [0.1, 0.15) is 0 Å². The quantitative estimate of drug-likeness (QED) is 0.698. The highest BCUT2D eigenvalue weighted by Gasteiger charge is 2.26. The van der Waals surface area contributed by atoms with Gasteiger partial charge in [-0.15, -0.1) is 0 Å². The number of alkyl halides is 2. The topological polar surface area (TPSA) is 72.2 Å². The summed E-state index contributed by atoms with van der Waals surface area (Å²) in [7, 11) is -4.47. The van der Waals surface area contributed by atoms with Gasteiger partial charge < -0.3 is 5.73 Å². The van der Waals surface area contributed by atoms with Crippen LogP contribution in [0, 0.1) is 5.41 Å². The van der Waals surface area contributed by atoms with Gasteiger partial charge >= 0.3 is 5.76 Å². The lowest BCUT2D eigenvalue weighted by atomic mass is 9.90. The van der Waals surface area contributed by atoms with Crippen LogP contribution in [0.25, 0.3) is 0 Å². The summed E-state index contributed by atoms with van der Waals surface area (Å²) in [6, 6.07) is 0. The molecule has 0 fully saturated rings. The molecule has 14 heavy (non-hydrogen) atoms. The highest BCUT2D eigenvalue weighted by Crippen LogP contribution is 2.18. The van der Waals surface area contributed by atoms with Gasteiger partial charge in [0.25, 0.3) is 10.0 Å². The Bertz CT molecular complexity index is 265. The molecule has 0 aliphatic heterocycles. The molecule has 3 N–H and O–H groups in total. The molecule has 0 saturated heterocycles. The van der Waals surface area contributed by atoms with Crippen molar-refractivity contribution in [1.82, 2.24) is 4.72 Å². The number of hydrogen-bond donors (Lipinski definition) is 2. The number of hydrogen-bond acceptors (Lipinski definition) is 3. The van der Waals surface area contributed by atoms with Crippen molar-refractivity contribution >= 4 is 10.0 Å². The van der Waals surface area contributed by atoms with Gasteiger partial charge in [0.05, 0.1) is 0 Å². The van der Waals surface area contributed by atoms with Crippen molar-refractivity contribution in [2.75, 3.05) is 13.1 Å². The number of nitrogens with two attached hydrogens (primary N) is 1. The fourth-order valence-corrected chi connectivity index (χ4v) is 1.56. The van der Waals surface area contributed by atoms with Crippen LogP contribution < -0.4 is 10.5 Å². The second kappa shape index (κ2) is 4.99. The van der Waals surface area contributed by atoms with Gasteiger partial charge in [-0.05, 0) is 18.4 Å². The number of halogens is 2. The first kappa shape index (κ1) is 13.7. The zero-order valence-electron chi connectivity index (χ0n) is 8.26. The Labute approximate surface area is 82.9 Å². The maximum atomic E-state index is 11.9. The molecule has 0 aromatic heterocycles. The van der Waals surface area contributed by atoms with Crippen LogP contribution in [0.5, 0.6) is 0 Å². The molecule has 0 unspecified atom stereocenters. The van der Waals surface area contributed by atoms with Crippen molar-refractivity contribution in [3.05, 3.63) is 0 Å². The fourth-order valence-electron chi connectivity index (χ4n) is 0.838. The summed E-state index contributed by atoms with van der Waals surface area (Å²) >= 11 is 0. The first-order valence-corrected chi connectivity index (χ1v) is 5.72. The highest BCUT2D eigenvalue weighted by molar-refractivity contribution is 7.89. The maximum Gasteiger partial charge on any atom is 0.350 e. The third-order valence-corrected chi connectivity index (χ3v) is 2.82. The van der Waals surface area contributed by atoms with Crippen LogP contribution in [0.15, 0.2) is 0 Å². The van der Waals surface area contributed by atoms with Crippen molar-refractivity contribution in [3.63, 3.8) is 0 Å². The van der Waals surface area contributed by atoms with E-state index in [0.29, 0.717) is 13.0 Å². The van der Waals surface area contributed by atoms with E-state index in [0.717, 1.165) is 0 Å². The van der Waals surface area contributed by atoms with E-state index >= 15 is 0 Å². The van der Waals surface area contributed by atoms with Crippen LogP contribution in [-0.4, -0.2) is 27.3 Å². The Morgan fingerprint density at radius 2 is 1.93 bits per heavy atom. The van der Waals surface area contributed by atoms with Crippen LogP contribution in [0.3, 0.4) is 0 Å². The molecule has 0 aromatic rings. The largest absolute Gasteiger partial charge is 0.350 e. The van der Waals surface area contributed by atoms with E-state index in [1.165, 1.54) is 0 Å². The Morgan fingerprint density at radius 3 is 2.29 bits per heavy atom. The minimum absolute atomic E-state index is 0.0309. The van der Waals surface area contributed by atoms with Gasteiger partial charge in [-0.25, -0.2) is 13.1 Å². The van der Waals surface area contributed by atoms with E-state index < -0.39 is 21.2 Å². The minimum atomic E-state index is -4.47. The van der Waals surface area contributed by atoms with E-state index in [1.54, 1.807) is 13.8 Å². The lowest BCUT2D eigenvalue weighted by molar-refractivity contribution is 0.230. The van der Waals surface area contributed by atoms with Gasteiger partial charge in [-0.2, -0.15) is 8.78 Å². The summed E-state index contributed by atoms with van der Waals surface area (Å²) in [5, 5.41) is 0. The van der Waals surface area contributed by atoms with E-state index in [4.69, 9.17) is 5.73 Å². The van der Waals surface area contributed by atoms with E-state index in [-0.39, 0.29) is 6.54 Å². The summed E-state index contributed by atoms with van der Waals surface area (Å²) in [6.45, 7) is 3.88. The summed E-state index contributed by atoms with van der Waals surface area (Å²) in [6.07, 6.45) is 0.568.